The molecule has 0 spiro atoms. The van der Waals surface area contributed by atoms with E-state index in [1.807, 2.05) is 38.5 Å². The summed E-state index contributed by atoms with van der Waals surface area (Å²) >= 11 is 0. The van der Waals surface area contributed by atoms with Gasteiger partial charge in [0.1, 0.15) is 18.0 Å². The molecule has 0 fully saturated rings. The Balaban J connectivity index is 2.18. The van der Waals surface area contributed by atoms with Crippen molar-refractivity contribution in [2.45, 2.75) is 6.92 Å². The van der Waals surface area contributed by atoms with E-state index in [1.54, 1.807) is 6.33 Å². The van der Waals surface area contributed by atoms with Gasteiger partial charge >= 0.3 is 0 Å². The third kappa shape index (κ3) is 2.10. The molecule has 0 saturated carbocycles. The van der Waals surface area contributed by atoms with Gasteiger partial charge in [-0.15, -0.1) is 0 Å². The van der Waals surface area contributed by atoms with Crippen LogP contribution in [0.15, 0.2) is 36.9 Å². The minimum Gasteiger partial charge on any atom is -0.373 e. The molecule has 3 aromatic rings. The quantitative estimate of drug-likeness (QED) is 0.757. The summed E-state index contributed by atoms with van der Waals surface area (Å²) in [5.74, 6) is 1.59. The summed E-state index contributed by atoms with van der Waals surface area (Å²) in [6.45, 7) is 1.87. The minimum absolute atomic E-state index is 0.767. The predicted molar refractivity (Wildman–Crippen MR) is 74.8 cm³/mol. The summed E-state index contributed by atoms with van der Waals surface area (Å²) in [4.78, 5) is 16.9. The zero-order valence-electron chi connectivity index (χ0n) is 10.8. The van der Waals surface area contributed by atoms with E-state index in [0.29, 0.717) is 0 Å². The molecule has 0 aliphatic rings. The Labute approximate surface area is 110 Å². The van der Waals surface area contributed by atoms with Crippen molar-refractivity contribution in [1.29, 1.82) is 0 Å². The number of nitrogens with one attached hydrogen (secondary N) is 1. The van der Waals surface area contributed by atoms with Crippen molar-refractivity contribution in [2.75, 3.05) is 12.4 Å². The molecule has 1 aromatic carbocycles. The van der Waals surface area contributed by atoms with Crippen molar-refractivity contribution in [3.8, 4) is 11.1 Å². The number of aryl methyl sites for hydroxylation is 1. The first-order chi connectivity index (χ1) is 9.28. The Bertz CT molecular complexity index is 721. The Morgan fingerprint density at radius 2 is 1.74 bits per heavy atom. The summed E-state index contributed by atoms with van der Waals surface area (Å²) in [5.41, 5.74) is 2.95. The maximum absolute atomic E-state index is 4.26. The first-order valence-corrected chi connectivity index (χ1v) is 5.99. The fraction of sp³-hybridized carbons (Fsp3) is 0.143. The van der Waals surface area contributed by atoms with Crippen LogP contribution in [-0.2, 0) is 0 Å². The molecule has 1 N–H and O–H groups in total. The first kappa shape index (κ1) is 11.5. The molecule has 3 rings (SSSR count). The summed E-state index contributed by atoms with van der Waals surface area (Å²) in [7, 11) is 1.85. The number of rotatable bonds is 2. The lowest BCUT2D eigenvalue weighted by Gasteiger charge is -2.06. The van der Waals surface area contributed by atoms with E-state index >= 15 is 0 Å². The number of hydrogen-bond acceptors (Lipinski definition) is 5. The molecule has 0 unspecified atom stereocenters. The molecule has 0 saturated heterocycles. The molecule has 2 heterocycles. The van der Waals surface area contributed by atoms with E-state index in [-0.39, 0.29) is 0 Å². The van der Waals surface area contributed by atoms with Crippen molar-refractivity contribution < 1.29 is 0 Å². The predicted octanol–water partition coefficient (Wildman–Crippen LogP) is 2.44. The number of anilines is 1. The Hall–Kier alpha value is -2.56. The zero-order valence-corrected chi connectivity index (χ0v) is 10.8. The lowest BCUT2D eigenvalue weighted by molar-refractivity contribution is 1.06. The Morgan fingerprint density at radius 3 is 2.47 bits per heavy atom. The van der Waals surface area contributed by atoms with E-state index in [4.69, 9.17) is 0 Å². The Kier molecular flexibility index (Phi) is 2.79. The summed E-state index contributed by atoms with van der Waals surface area (Å²) in [6.07, 6.45) is 5.21. The maximum atomic E-state index is 4.26. The highest BCUT2D eigenvalue weighted by Gasteiger charge is 2.05. The van der Waals surface area contributed by atoms with Crippen molar-refractivity contribution in [3.63, 3.8) is 0 Å². The maximum Gasteiger partial charge on any atom is 0.137 e. The Morgan fingerprint density at radius 1 is 0.947 bits per heavy atom. The molecular formula is C14H13N5. The van der Waals surface area contributed by atoms with Crippen LogP contribution < -0.4 is 5.32 Å². The molecule has 0 aliphatic carbocycles. The lowest BCUT2D eigenvalue weighted by atomic mass is 10.1. The van der Waals surface area contributed by atoms with Crippen LogP contribution in [-0.4, -0.2) is 27.0 Å². The van der Waals surface area contributed by atoms with Gasteiger partial charge in [0.05, 0.1) is 5.52 Å². The smallest absolute Gasteiger partial charge is 0.137 e. The molecule has 2 aromatic heterocycles. The van der Waals surface area contributed by atoms with Gasteiger partial charge in [-0.3, -0.25) is 0 Å². The average Bonchev–Trinajstić information content (AvgIpc) is 2.47. The van der Waals surface area contributed by atoms with Gasteiger partial charge in [0.15, 0.2) is 0 Å². The standard InChI is InChI=1S/C14H13N5/c1-9-16-6-11(7-17-9)10-3-4-13-12(5-10)14(15-2)19-8-18-13/h3-8H,1-2H3,(H,15,18,19). The minimum atomic E-state index is 0.767. The highest BCUT2D eigenvalue weighted by Crippen LogP contribution is 2.25. The molecule has 19 heavy (non-hydrogen) atoms. The molecule has 0 aliphatic heterocycles. The fourth-order valence-corrected chi connectivity index (χ4v) is 1.98. The number of nitrogens with zero attached hydrogens (tertiary/aromatic N) is 4. The molecule has 5 nitrogen and oxygen atoms in total. The van der Waals surface area contributed by atoms with Gasteiger partial charge in [0.25, 0.3) is 0 Å². The molecule has 0 radical (unpaired) electrons. The van der Waals surface area contributed by atoms with Crippen LogP contribution in [0.25, 0.3) is 22.0 Å². The van der Waals surface area contributed by atoms with Gasteiger partial charge in [0.2, 0.25) is 0 Å². The van der Waals surface area contributed by atoms with E-state index in [1.165, 1.54) is 0 Å². The van der Waals surface area contributed by atoms with E-state index in [2.05, 4.69) is 31.3 Å². The lowest BCUT2D eigenvalue weighted by Crippen LogP contribution is -1.95. The number of fused-ring (bicyclic) bond motifs is 1. The number of aromatic nitrogens is 4. The van der Waals surface area contributed by atoms with Gasteiger partial charge in [-0.2, -0.15) is 0 Å². The second-order valence-electron chi connectivity index (χ2n) is 4.22. The monoisotopic (exact) mass is 251 g/mol. The molecule has 5 heteroatoms. The van der Waals surface area contributed by atoms with Crippen molar-refractivity contribution >= 4 is 16.7 Å². The fourth-order valence-electron chi connectivity index (χ4n) is 1.98. The van der Waals surface area contributed by atoms with Crippen LogP contribution in [0.1, 0.15) is 5.82 Å². The van der Waals surface area contributed by atoms with Crippen LogP contribution >= 0.6 is 0 Å². The van der Waals surface area contributed by atoms with Crippen LogP contribution in [0.4, 0.5) is 5.82 Å². The number of benzene rings is 1. The normalized spacial score (nSPS) is 10.6. The van der Waals surface area contributed by atoms with Gasteiger partial charge < -0.3 is 5.32 Å². The molecule has 0 bridgehead atoms. The van der Waals surface area contributed by atoms with Crippen molar-refractivity contribution in [3.05, 3.63) is 42.7 Å². The molecular weight excluding hydrogens is 238 g/mol. The summed E-state index contributed by atoms with van der Waals surface area (Å²) in [5, 5.41) is 4.06. The van der Waals surface area contributed by atoms with Crippen LogP contribution in [0.2, 0.25) is 0 Å². The van der Waals surface area contributed by atoms with Crippen molar-refractivity contribution in [2.24, 2.45) is 0 Å². The van der Waals surface area contributed by atoms with Gasteiger partial charge in [-0.25, -0.2) is 19.9 Å². The van der Waals surface area contributed by atoms with E-state index < -0.39 is 0 Å². The van der Waals surface area contributed by atoms with Crippen LogP contribution in [0, 0.1) is 6.92 Å². The summed E-state index contributed by atoms with van der Waals surface area (Å²) < 4.78 is 0. The van der Waals surface area contributed by atoms with Gasteiger partial charge in [0, 0.05) is 30.4 Å². The largest absolute Gasteiger partial charge is 0.373 e. The average molecular weight is 251 g/mol. The number of hydrogen-bond donors (Lipinski definition) is 1. The van der Waals surface area contributed by atoms with Gasteiger partial charge in [-0.05, 0) is 24.6 Å². The van der Waals surface area contributed by atoms with Crippen LogP contribution in [0.5, 0.6) is 0 Å². The third-order valence-corrected chi connectivity index (χ3v) is 2.99. The second-order valence-corrected chi connectivity index (χ2v) is 4.22. The highest BCUT2D eigenvalue weighted by molar-refractivity contribution is 5.92. The highest BCUT2D eigenvalue weighted by atomic mass is 15.0. The topological polar surface area (TPSA) is 63.6 Å². The molecule has 94 valence electrons. The first-order valence-electron chi connectivity index (χ1n) is 5.99. The van der Waals surface area contributed by atoms with E-state index in [0.717, 1.165) is 33.7 Å². The second kappa shape index (κ2) is 4.61. The summed E-state index contributed by atoms with van der Waals surface area (Å²) in [6, 6.07) is 6.05. The van der Waals surface area contributed by atoms with E-state index in [9.17, 15) is 0 Å². The molecule has 0 amide bonds. The van der Waals surface area contributed by atoms with Crippen molar-refractivity contribution in [1.82, 2.24) is 19.9 Å². The zero-order chi connectivity index (χ0) is 13.2. The van der Waals surface area contributed by atoms with Crippen LogP contribution in [0.3, 0.4) is 0 Å². The SMILES string of the molecule is CNc1ncnc2ccc(-c3cnc(C)nc3)cc12. The molecule has 0 atom stereocenters. The third-order valence-electron chi connectivity index (χ3n) is 2.99. The van der Waals surface area contributed by atoms with Gasteiger partial charge in [-0.1, -0.05) is 6.07 Å².